The number of nitrogens with one attached hydrogen (secondary N) is 1. The number of azo groups is 2. The Morgan fingerprint density at radius 3 is 2.47 bits per heavy atom. The molecule has 0 aliphatic carbocycles. The number of hydrogen-bond donors (Lipinski definition) is 1. The first-order chi connectivity index (χ1) is 14.5. The first kappa shape index (κ1) is 19.9. The van der Waals surface area contributed by atoms with E-state index in [2.05, 4.69) is 30.5 Å². The normalized spacial score (nSPS) is 11.7. The maximum Gasteiger partial charge on any atom is 0.301 e. The fraction of sp³-hybridized carbons (Fsp3) is 0.100. The highest BCUT2D eigenvalue weighted by atomic mass is 35.5. The van der Waals surface area contributed by atoms with Crippen LogP contribution in [0.5, 0.6) is 0 Å². The molecule has 2 aromatic heterocycles. The highest BCUT2D eigenvalue weighted by Crippen LogP contribution is 2.31. The average molecular weight is 438 g/mol. The van der Waals surface area contributed by atoms with Crippen molar-refractivity contribution >= 4 is 45.0 Å². The molecule has 0 radical (unpaired) electrons. The lowest BCUT2D eigenvalue weighted by atomic mass is 10.3. The molecule has 4 rings (SSSR count). The monoisotopic (exact) mass is 437 g/mol. The number of aryl methyl sites for hydroxylation is 2. The summed E-state index contributed by atoms with van der Waals surface area (Å²) in [6.07, 6.45) is 0. The minimum atomic E-state index is -0.334. The van der Waals surface area contributed by atoms with Gasteiger partial charge >= 0.3 is 5.56 Å². The van der Waals surface area contributed by atoms with Crippen molar-refractivity contribution in [2.75, 3.05) is 0 Å². The predicted octanol–water partition coefficient (Wildman–Crippen LogP) is 6.72. The van der Waals surface area contributed by atoms with Gasteiger partial charge in [0.25, 0.3) is 0 Å². The summed E-state index contributed by atoms with van der Waals surface area (Å²) in [7, 11) is 0. The zero-order valence-corrected chi connectivity index (χ0v) is 17.6. The zero-order chi connectivity index (χ0) is 21.1. The summed E-state index contributed by atoms with van der Waals surface area (Å²) in [5.74, 6) is 0. The lowest BCUT2D eigenvalue weighted by Gasteiger charge is -1.93. The lowest BCUT2D eigenvalue weighted by Crippen LogP contribution is -2.13. The Hall–Kier alpha value is -3.43. The molecule has 2 aromatic carbocycles. The molecule has 0 aliphatic heterocycles. The number of halogens is 1. The van der Waals surface area contributed by atoms with E-state index in [0.717, 1.165) is 0 Å². The van der Waals surface area contributed by atoms with Crippen LogP contribution in [0.4, 0.5) is 22.1 Å². The van der Waals surface area contributed by atoms with Crippen LogP contribution in [-0.2, 0) is 0 Å². The first-order valence-corrected chi connectivity index (χ1v) is 10.1. The molecule has 10 heteroatoms. The maximum atomic E-state index is 12.8. The zero-order valence-electron chi connectivity index (χ0n) is 16.1. The van der Waals surface area contributed by atoms with Gasteiger partial charge in [-0.3, -0.25) is 9.89 Å². The third kappa shape index (κ3) is 4.27. The van der Waals surface area contributed by atoms with Crippen molar-refractivity contribution < 1.29 is 0 Å². The molecule has 0 unspecified atom stereocenters. The molecule has 0 fully saturated rings. The molecule has 0 atom stereocenters. The second-order valence-corrected chi connectivity index (χ2v) is 7.72. The van der Waals surface area contributed by atoms with Gasteiger partial charge in [-0.1, -0.05) is 47.2 Å². The van der Waals surface area contributed by atoms with Crippen LogP contribution in [0.1, 0.15) is 11.4 Å². The van der Waals surface area contributed by atoms with Gasteiger partial charge in [0, 0.05) is 5.02 Å². The Labute approximate surface area is 180 Å². The Bertz CT molecular complexity index is 1300. The molecule has 2 heterocycles. The van der Waals surface area contributed by atoms with E-state index in [0.29, 0.717) is 37.9 Å². The predicted molar refractivity (Wildman–Crippen MR) is 118 cm³/mol. The number of benzene rings is 2. The van der Waals surface area contributed by atoms with Crippen molar-refractivity contribution in [1.82, 2.24) is 14.8 Å². The summed E-state index contributed by atoms with van der Waals surface area (Å²) in [4.78, 5) is 17.3. The van der Waals surface area contributed by atoms with Gasteiger partial charge in [0.1, 0.15) is 0 Å². The number of rotatable bonds is 5. The summed E-state index contributed by atoms with van der Waals surface area (Å²) < 4.78 is 1.34. The molecular weight excluding hydrogens is 422 g/mol. The Kier molecular flexibility index (Phi) is 5.64. The standard InChI is InChI=1S/C20H16ClN7OS/c1-12-17(25-23-15-8-4-3-5-9-15)19(29)28(27-12)20-22-13(2)18(30-20)26-24-16-10-6-7-14(21)11-16/h3-11,27H,1-2H3. The van der Waals surface area contributed by atoms with Crippen LogP contribution in [0.25, 0.3) is 5.13 Å². The third-order valence-corrected chi connectivity index (χ3v) is 5.34. The van der Waals surface area contributed by atoms with Crippen molar-refractivity contribution in [3.63, 3.8) is 0 Å². The largest absolute Gasteiger partial charge is 0.301 e. The van der Waals surface area contributed by atoms with Gasteiger partial charge in [-0.2, -0.15) is 9.80 Å². The van der Waals surface area contributed by atoms with Gasteiger partial charge in [0.2, 0.25) is 5.13 Å². The fourth-order valence-electron chi connectivity index (χ4n) is 2.60. The Morgan fingerprint density at radius 2 is 1.70 bits per heavy atom. The van der Waals surface area contributed by atoms with Crippen LogP contribution >= 0.6 is 22.9 Å². The number of aromatic nitrogens is 3. The highest BCUT2D eigenvalue weighted by molar-refractivity contribution is 7.17. The molecule has 4 aromatic rings. The molecule has 150 valence electrons. The molecular formula is C20H16ClN7OS. The van der Waals surface area contributed by atoms with Crippen LogP contribution in [0.15, 0.2) is 79.8 Å². The quantitative estimate of drug-likeness (QED) is 0.350. The molecule has 0 amide bonds. The minimum Gasteiger partial charge on any atom is -0.291 e. The van der Waals surface area contributed by atoms with E-state index in [4.69, 9.17) is 11.6 Å². The van der Waals surface area contributed by atoms with Crippen molar-refractivity contribution in [2.45, 2.75) is 13.8 Å². The van der Waals surface area contributed by atoms with E-state index in [1.54, 1.807) is 31.2 Å². The summed E-state index contributed by atoms with van der Waals surface area (Å²) >= 11 is 7.21. The number of aromatic amines is 1. The summed E-state index contributed by atoms with van der Waals surface area (Å²) in [5, 5.41) is 21.3. The Morgan fingerprint density at radius 1 is 0.967 bits per heavy atom. The SMILES string of the molecule is Cc1nc(-n2[nH]c(C)c(N=Nc3ccccc3)c2=O)sc1N=Nc1cccc(Cl)c1. The molecule has 0 aliphatic rings. The molecule has 8 nitrogen and oxygen atoms in total. The average Bonchev–Trinajstić information content (AvgIpc) is 3.24. The fourth-order valence-corrected chi connectivity index (χ4v) is 3.63. The van der Waals surface area contributed by atoms with Crippen LogP contribution in [0.2, 0.25) is 5.02 Å². The van der Waals surface area contributed by atoms with Gasteiger partial charge in [-0.25, -0.2) is 4.98 Å². The summed E-state index contributed by atoms with van der Waals surface area (Å²) in [5.41, 5.74) is 2.45. The van der Waals surface area contributed by atoms with Crippen molar-refractivity contribution in [3.05, 3.63) is 81.4 Å². The van der Waals surface area contributed by atoms with Gasteiger partial charge in [0.05, 0.1) is 22.8 Å². The van der Waals surface area contributed by atoms with Gasteiger partial charge in [0.15, 0.2) is 10.7 Å². The van der Waals surface area contributed by atoms with E-state index in [1.165, 1.54) is 16.0 Å². The lowest BCUT2D eigenvalue weighted by molar-refractivity contribution is 0.823. The van der Waals surface area contributed by atoms with Crippen LogP contribution < -0.4 is 5.56 Å². The molecule has 30 heavy (non-hydrogen) atoms. The number of thiazole rings is 1. The highest BCUT2D eigenvalue weighted by Gasteiger charge is 2.16. The van der Waals surface area contributed by atoms with Crippen LogP contribution in [-0.4, -0.2) is 14.8 Å². The topological polar surface area (TPSA) is 100 Å². The number of nitrogens with zero attached hydrogens (tertiary/aromatic N) is 6. The van der Waals surface area contributed by atoms with Gasteiger partial charge < -0.3 is 0 Å². The molecule has 0 saturated heterocycles. The molecule has 1 N–H and O–H groups in total. The molecule has 0 bridgehead atoms. The van der Waals surface area contributed by atoms with Crippen molar-refractivity contribution in [1.29, 1.82) is 0 Å². The molecule has 0 saturated carbocycles. The van der Waals surface area contributed by atoms with Crippen molar-refractivity contribution in [2.24, 2.45) is 20.5 Å². The third-order valence-electron chi connectivity index (χ3n) is 4.08. The number of hydrogen-bond acceptors (Lipinski definition) is 7. The first-order valence-electron chi connectivity index (χ1n) is 8.95. The maximum absolute atomic E-state index is 12.8. The molecule has 0 spiro atoms. The van der Waals surface area contributed by atoms with E-state index in [1.807, 2.05) is 37.3 Å². The van der Waals surface area contributed by atoms with Gasteiger partial charge in [-0.15, -0.1) is 15.3 Å². The summed E-state index contributed by atoms with van der Waals surface area (Å²) in [6.45, 7) is 3.57. The Balaban J connectivity index is 1.63. The second-order valence-electron chi connectivity index (χ2n) is 6.33. The number of H-pyrrole nitrogens is 1. The smallest absolute Gasteiger partial charge is 0.291 e. The second kappa shape index (κ2) is 8.52. The van der Waals surface area contributed by atoms with Crippen LogP contribution in [0, 0.1) is 13.8 Å². The van der Waals surface area contributed by atoms with E-state index in [9.17, 15) is 4.79 Å². The summed E-state index contributed by atoms with van der Waals surface area (Å²) in [6, 6.07) is 16.3. The minimum absolute atomic E-state index is 0.230. The van der Waals surface area contributed by atoms with E-state index in [-0.39, 0.29) is 11.2 Å². The van der Waals surface area contributed by atoms with E-state index < -0.39 is 0 Å². The van der Waals surface area contributed by atoms with Crippen molar-refractivity contribution in [3.8, 4) is 5.13 Å². The van der Waals surface area contributed by atoms with E-state index >= 15 is 0 Å². The van der Waals surface area contributed by atoms with Gasteiger partial charge in [-0.05, 0) is 44.2 Å². The van der Waals surface area contributed by atoms with Crippen LogP contribution in [0.3, 0.4) is 0 Å².